The van der Waals surface area contributed by atoms with Gasteiger partial charge >= 0.3 is 6.18 Å². The average Bonchev–Trinajstić information content (AvgIpc) is 2.77. The number of nitro benzene ring substituents is 1. The number of hydrogen-bond acceptors (Lipinski definition) is 4. The SMILES string of the molecule is O=C(C=Cc1ccc([N+](=O)[O-])cc1)N1CCN(C(=O)c2cccc(C(F)(F)F)c2)CC1. The lowest BCUT2D eigenvalue weighted by Gasteiger charge is -2.34. The van der Waals surface area contributed by atoms with E-state index in [0.29, 0.717) is 5.56 Å². The first-order valence-electron chi connectivity index (χ1n) is 9.33. The molecule has 31 heavy (non-hydrogen) atoms. The van der Waals surface area contributed by atoms with Crippen LogP contribution in [0.15, 0.2) is 54.6 Å². The summed E-state index contributed by atoms with van der Waals surface area (Å²) in [6.45, 7) is 0.890. The molecule has 3 rings (SSSR count). The van der Waals surface area contributed by atoms with Crippen LogP contribution in [0.5, 0.6) is 0 Å². The van der Waals surface area contributed by atoms with Crippen LogP contribution in [-0.4, -0.2) is 52.7 Å². The number of piperazine rings is 1. The number of carbonyl (C=O) groups excluding carboxylic acids is 2. The maximum absolute atomic E-state index is 12.9. The van der Waals surface area contributed by atoms with Gasteiger partial charge in [-0.25, -0.2) is 0 Å². The molecule has 0 unspecified atom stereocenters. The van der Waals surface area contributed by atoms with Gasteiger partial charge in [0.05, 0.1) is 10.5 Å². The Bertz CT molecular complexity index is 1010. The molecule has 0 aliphatic carbocycles. The van der Waals surface area contributed by atoms with Gasteiger partial charge in [0, 0.05) is 50.0 Å². The molecular weight excluding hydrogens is 415 g/mol. The standard InChI is InChI=1S/C21H18F3N3O4/c22-21(23,24)17-3-1-2-16(14-17)20(29)26-12-10-25(11-13-26)19(28)9-6-15-4-7-18(8-5-15)27(30)31/h1-9,14H,10-13H2. The van der Waals surface area contributed by atoms with Gasteiger partial charge in [-0.15, -0.1) is 0 Å². The number of nitrogens with zero attached hydrogens (tertiary/aromatic N) is 3. The average molecular weight is 433 g/mol. The maximum atomic E-state index is 12.9. The molecule has 0 N–H and O–H groups in total. The van der Waals surface area contributed by atoms with E-state index >= 15 is 0 Å². The van der Waals surface area contributed by atoms with Gasteiger partial charge in [-0.3, -0.25) is 19.7 Å². The molecule has 0 aromatic heterocycles. The van der Waals surface area contributed by atoms with E-state index in [1.807, 2.05) is 0 Å². The van der Waals surface area contributed by atoms with Gasteiger partial charge in [0.2, 0.25) is 5.91 Å². The third-order valence-corrected chi connectivity index (χ3v) is 4.84. The third kappa shape index (κ3) is 5.47. The third-order valence-electron chi connectivity index (χ3n) is 4.84. The lowest BCUT2D eigenvalue weighted by Crippen LogP contribution is -2.50. The molecule has 0 atom stereocenters. The van der Waals surface area contributed by atoms with Crippen LogP contribution in [0, 0.1) is 10.1 Å². The largest absolute Gasteiger partial charge is 0.416 e. The quantitative estimate of drug-likeness (QED) is 0.419. The molecule has 7 nitrogen and oxygen atoms in total. The maximum Gasteiger partial charge on any atom is 0.416 e. The predicted molar refractivity (Wildman–Crippen MR) is 106 cm³/mol. The van der Waals surface area contributed by atoms with Crippen LogP contribution in [0.1, 0.15) is 21.5 Å². The number of non-ortho nitro benzene ring substituents is 1. The molecule has 1 aliphatic heterocycles. The molecule has 1 saturated heterocycles. The van der Waals surface area contributed by atoms with Crippen LogP contribution in [-0.2, 0) is 11.0 Å². The summed E-state index contributed by atoms with van der Waals surface area (Å²) in [6, 6.07) is 9.98. The van der Waals surface area contributed by atoms with E-state index in [9.17, 15) is 32.9 Å². The van der Waals surface area contributed by atoms with Crippen molar-refractivity contribution >= 4 is 23.6 Å². The summed E-state index contributed by atoms with van der Waals surface area (Å²) in [4.78, 5) is 38.0. The Morgan fingerprint density at radius 2 is 1.58 bits per heavy atom. The van der Waals surface area contributed by atoms with Crippen molar-refractivity contribution in [2.45, 2.75) is 6.18 Å². The number of hydrogen-bond donors (Lipinski definition) is 0. The number of benzene rings is 2. The fourth-order valence-electron chi connectivity index (χ4n) is 3.12. The highest BCUT2D eigenvalue weighted by Crippen LogP contribution is 2.29. The zero-order chi connectivity index (χ0) is 22.6. The molecule has 0 spiro atoms. The summed E-state index contributed by atoms with van der Waals surface area (Å²) in [5, 5.41) is 10.7. The molecule has 0 radical (unpaired) electrons. The first kappa shape index (κ1) is 22.0. The molecule has 10 heteroatoms. The zero-order valence-corrected chi connectivity index (χ0v) is 16.2. The van der Waals surface area contributed by atoms with Crippen LogP contribution >= 0.6 is 0 Å². The minimum absolute atomic E-state index is 0.0485. The van der Waals surface area contributed by atoms with E-state index in [0.717, 1.165) is 12.1 Å². The Kier molecular flexibility index (Phi) is 6.38. The molecule has 2 aromatic carbocycles. The van der Waals surface area contributed by atoms with E-state index < -0.39 is 22.6 Å². The van der Waals surface area contributed by atoms with E-state index in [4.69, 9.17) is 0 Å². The topological polar surface area (TPSA) is 83.8 Å². The summed E-state index contributed by atoms with van der Waals surface area (Å²) in [5.41, 5.74) is -0.362. The van der Waals surface area contributed by atoms with Crippen LogP contribution in [0.25, 0.3) is 6.08 Å². The van der Waals surface area contributed by atoms with Gasteiger partial charge < -0.3 is 9.80 Å². The van der Waals surface area contributed by atoms with E-state index in [-0.39, 0.29) is 43.3 Å². The van der Waals surface area contributed by atoms with Gasteiger partial charge in [-0.2, -0.15) is 13.2 Å². The van der Waals surface area contributed by atoms with Crippen molar-refractivity contribution in [3.8, 4) is 0 Å². The fraction of sp³-hybridized carbons (Fsp3) is 0.238. The van der Waals surface area contributed by atoms with Gasteiger partial charge in [0.25, 0.3) is 11.6 Å². The number of rotatable bonds is 4. The Hall–Kier alpha value is -3.69. The van der Waals surface area contributed by atoms with E-state index in [2.05, 4.69) is 0 Å². The first-order chi connectivity index (χ1) is 14.6. The van der Waals surface area contributed by atoms with Crippen LogP contribution in [0.3, 0.4) is 0 Å². The van der Waals surface area contributed by atoms with Crippen molar-refractivity contribution in [1.82, 2.24) is 9.80 Å². The lowest BCUT2D eigenvalue weighted by atomic mass is 10.1. The lowest BCUT2D eigenvalue weighted by molar-refractivity contribution is -0.384. The number of halogens is 3. The van der Waals surface area contributed by atoms with Crippen LogP contribution in [0.2, 0.25) is 0 Å². The highest BCUT2D eigenvalue weighted by Gasteiger charge is 2.32. The Morgan fingerprint density at radius 1 is 0.968 bits per heavy atom. The summed E-state index contributed by atoms with van der Waals surface area (Å²) in [7, 11) is 0. The fourth-order valence-corrected chi connectivity index (χ4v) is 3.12. The van der Waals surface area contributed by atoms with Gasteiger partial charge in [-0.05, 0) is 42.0 Å². The van der Waals surface area contributed by atoms with Crippen molar-refractivity contribution < 1.29 is 27.7 Å². The number of nitro groups is 1. The van der Waals surface area contributed by atoms with E-state index in [1.54, 1.807) is 0 Å². The molecule has 2 amide bonds. The first-order valence-corrected chi connectivity index (χ1v) is 9.33. The van der Waals surface area contributed by atoms with Crippen molar-refractivity contribution in [3.63, 3.8) is 0 Å². The zero-order valence-electron chi connectivity index (χ0n) is 16.2. The minimum atomic E-state index is -4.53. The van der Waals surface area contributed by atoms with Crippen LogP contribution < -0.4 is 0 Å². The molecule has 162 valence electrons. The number of amides is 2. The second-order valence-electron chi connectivity index (χ2n) is 6.88. The Morgan fingerprint density at radius 3 is 2.16 bits per heavy atom. The molecule has 1 aliphatic rings. The predicted octanol–water partition coefficient (Wildman–Crippen LogP) is 3.61. The second kappa shape index (κ2) is 8.99. The second-order valence-corrected chi connectivity index (χ2v) is 6.88. The van der Waals surface area contributed by atoms with Gasteiger partial charge in [0.1, 0.15) is 0 Å². The Balaban J connectivity index is 1.57. The molecule has 0 saturated carbocycles. The molecular formula is C21H18F3N3O4. The smallest absolute Gasteiger partial charge is 0.336 e. The monoisotopic (exact) mass is 433 g/mol. The van der Waals surface area contributed by atoms with Crippen molar-refractivity contribution in [2.24, 2.45) is 0 Å². The van der Waals surface area contributed by atoms with Crippen molar-refractivity contribution in [1.29, 1.82) is 0 Å². The van der Waals surface area contributed by atoms with Gasteiger partial charge in [-0.1, -0.05) is 6.07 Å². The normalized spacial score (nSPS) is 14.7. The number of alkyl halides is 3. The van der Waals surface area contributed by atoms with Crippen LogP contribution in [0.4, 0.5) is 18.9 Å². The van der Waals surface area contributed by atoms with Crippen molar-refractivity contribution in [3.05, 3.63) is 81.4 Å². The summed E-state index contributed by atoms with van der Waals surface area (Å²) in [6.07, 6.45) is -1.66. The Labute approximate surface area is 175 Å². The van der Waals surface area contributed by atoms with Gasteiger partial charge in [0.15, 0.2) is 0 Å². The minimum Gasteiger partial charge on any atom is -0.336 e. The number of carbonyl (C=O) groups is 2. The summed E-state index contributed by atoms with van der Waals surface area (Å²) in [5.74, 6) is -0.802. The molecule has 0 bridgehead atoms. The highest BCUT2D eigenvalue weighted by atomic mass is 19.4. The summed E-state index contributed by atoms with van der Waals surface area (Å²) < 4.78 is 38.6. The highest BCUT2D eigenvalue weighted by molar-refractivity contribution is 5.95. The summed E-state index contributed by atoms with van der Waals surface area (Å²) >= 11 is 0. The molecule has 2 aromatic rings. The molecule has 1 heterocycles. The molecule has 1 fully saturated rings. The van der Waals surface area contributed by atoms with E-state index in [1.165, 1.54) is 58.4 Å². The van der Waals surface area contributed by atoms with Crippen molar-refractivity contribution in [2.75, 3.05) is 26.2 Å².